The zero-order valence-corrected chi connectivity index (χ0v) is 9.11. The van der Waals surface area contributed by atoms with Crippen molar-refractivity contribution >= 4 is 5.91 Å². The van der Waals surface area contributed by atoms with Gasteiger partial charge in [0.2, 0.25) is 5.91 Å². The van der Waals surface area contributed by atoms with Crippen molar-refractivity contribution in [2.24, 2.45) is 5.73 Å². The van der Waals surface area contributed by atoms with Crippen LogP contribution in [-0.4, -0.2) is 40.6 Å². The Labute approximate surface area is 90.4 Å². The smallest absolute Gasteiger partial charge is 0.242 e. The van der Waals surface area contributed by atoms with Crippen molar-refractivity contribution in [3.63, 3.8) is 0 Å². The van der Waals surface area contributed by atoms with Crippen molar-refractivity contribution < 1.29 is 9.90 Å². The second kappa shape index (κ2) is 4.10. The topological polar surface area (TPSA) is 66.6 Å². The van der Waals surface area contributed by atoms with Crippen LogP contribution in [0.2, 0.25) is 0 Å². The predicted octanol–water partition coefficient (Wildman–Crippen LogP) is 0.241. The molecule has 1 saturated carbocycles. The molecule has 4 nitrogen and oxygen atoms in total. The largest absolute Gasteiger partial charge is 0.394 e. The highest BCUT2D eigenvalue weighted by Crippen LogP contribution is 2.31. The Balaban J connectivity index is 2.06. The van der Waals surface area contributed by atoms with Crippen LogP contribution in [0.5, 0.6) is 0 Å². The summed E-state index contributed by atoms with van der Waals surface area (Å²) < 4.78 is 0. The van der Waals surface area contributed by atoms with Gasteiger partial charge in [-0.3, -0.25) is 4.79 Å². The first-order chi connectivity index (χ1) is 7.17. The van der Waals surface area contributed by atoms with Crippen LogP contribution in [0.1, 0.15) is 38.5 Å². The van der Waals surface area contributed by atoms with Gasteiger partial charge >= 0.3 is 0 Å². The number of aliphatic hydroxyl groups is 1. The number of carbonyl (C=O) groups excluding carboxylic acids is 1. The van der Waals surface area contributed by atoms with Crippen molar-refractivity contribution in [1.82, 2.24) is 4.90 Å². The predicted molar refractivity (Wildman–Crippen MR) is 57.2 cm³/mol. The number of nitrogens with two attached hydrogens (primary N) is 1. The third-order valence-corrected chi connectivity index (χ3v) is 3.77. The van der Waals surface area contributed by atoms with Gasteiger partial charge in [-0.05, 0) is 25.7 Å². The summed E-state index contributed by atoms with van der Waals surface area (Å²) in [5, 5.41) is 9.18. The average Bonchev–Trinajstić information content (AvgIpc) is 2.85. The molecule has 4 heteroatoms. The SMILES string of the molecule is NC1(C(=O)N2CCC[C@@H]2CO)CCCC1. The van der Waals surface area contributed by atoms with Gasteiger partial charge in [-0.1, -0.05) is 12.8 Å². The van der Waals surface area contributed by atoms with E-state index in [2.05, 4.69) is 0 Å². The fourth-order valence-corrected chi connectivity index (χ4v) is 2.80. The third kappa shape index (κ3) is 1.88. The molecule has 1 saturated heterocycles. The van der Waals surface area contributed by atoms with Gasteiger partial charge in [0, 0.05) is 6.54 Å². The van der Waals surface area contributed by atoms with E-state index in [1.54, 1.807) is 4.90 Å². The summed E-state index contributed by atoms with van der Waals surface area (Å²) in [7, 11) is 0. The fraction of sp³-hybridized carbons (Fsp3) is 0.909. The minimum Gasteiger partial charge on any atom is -0.394 e. The quantitative estimate of drug-likeness (QED) is 0.689. The Bertz CT molecular complexity index is 249. The van der Waals surface area contributed by atoms with E-state index in [1.807, 2.05) is 0 Å². The van der Waals surface area contributed by atoms with Crippen LogP contribution in [0, 0.1) is 0 Å². The van der Waals surface area contributed by atoms with Crippen LogP contribution in [0.15, 0.2) is 0 Å². The number of nitrogens with zero attached hydrogens (tertiary/aromatic N) is 1. The van der Waals surface area contributed by atoms with E-state index in [1.165, 1.54) is 0 Å². The van der Waals surface area contributed by atoms with Crippen molar-refractivity contribution in [2.45, 2.75) is 50.1 Å². The van der Waals surface area contributed by atoms with Crippen LogP contribution in [0.25, 0.3) is 0 Å². The molecule has 1 aliphatic heterocycles. The summed E-state index contributed by atoms with van der Waals surface area (Å²) in [5.74, 6) is 0.0663. The van der Waals surface area contributed by atoms with Crippen molar-refractivity contribution in [2.75, 3.05) is 13.2 Å². The van der Waals surface area contributed by atoms with Crippen molar-refractivity contribution in [3.05, 3.63) is 0 Å². The van der Waals surface area contributed by atoms with E-state index in [4.69, 9.17) is 5.73 Å². The number of rotatable bonds is 2. The molecule has 1 aliphatic carbocycles. The van der Waals surface area contributed by atoms with Crippen LogP contribution in [0.3, 0.4) is 0 Å². The van der Waals surface area contributed by atoms with Crippen LogP contribution in [0.4, 0.5) is 0 Å². The summed E-state index contributed by atoms with van der Waals surface area (Å²) in [6.45, 7) is 0.838. The zero-order valence-electron chi connectivity index (χ0n) is 9.11. The Hall–Kier alpha value is -0.610. The van der Waals surface area contributed by atoms with Gasteiger partial charge in [-0.2, -0.15) is 0 Å². The molecule has 2 fully saturated rings. The van der Waals surface area contributed by atoms with E-state index in [0.29, 0.717) is 0 Å². The first kappa shape index (κ1) is 10.9. The average molecular weight is 212 g/mol. The molecule has 15 heavy (non-hydrogen) atoms. The lowest BCUT2D eigenvalue weighted by molar-refractivity contribution is -0.138. The normalized spacial score (nSPS) is 29.7. The lowest BCUT2D eigenvalue weighted by Crippen LogP contribution is -2.55. The number of carbonyl (C=O) groups is 1. The number of amides is 1. The first-order valence-corrected chi connectivity index (χ1v) is 5.88. The number of likely N-dealkylation sites (tertiary alicyclic amines) is 1. The monoisotopic (exact) mass is 212 g/mol. The van der Waals surface area contributed by atoms with Gasteiger partial charge in [0.25, 0.3) is 0 Å². The van der Waals surface area contributed by atoms with Gasteiger partial charge in [0.05, 0.1) is 18.2 Å². The maximum atomic E-state index is 12.2. The molecule has 0 aromatic heterocycles. The maximum Gasteiger partial charge on any atom is 0.242 e. The summed E-state index contributed by atoms with van der Waals surface area (Å²) in [5.41, 5.74) is 5.50. The van der Waals surface area contributed by atoms with E-state index in [0.717, 1.165) is 45.1 Å². The highest BCUT2D eigenvalue weighted by atomic mass is 16.3. The van der Waals surface area contributed by atoms with Gasteiger partial charge < -0.3 is 15.7 Å². The molecule has 0 unspecified atom stereocenters. The minimum absolute atomic E-state index is 0.0125. The molecule has 1 atom stereocenters. The second-order valence-corrected chi connectivity index (χ2v) is 4.84. The molecule has 86 valence electrons. The first-order valence-electron chi connectivity index (χ1n) is 5.88. The summed E-state index contributed by atoms with van der Waals surface area (Å²) in [6.07, 6.45) is 5.63. The van der Waals surface area contributed by atoms with Gasteiger partial charge in [-0.15, -0.1) is 0 Å². The molecule has 2 aliphatic rings. The lowest BCUT2D eigenvalue weighted by atomic mass is 9.97. The van der Waals surface area contributed by atoms with E-state index in [-0.39, 0.29) is 18.6 Å². The van der Waals surface area contributed by atoms with Gasteiger partial charge in [0.15, 0.2) is 0 Å². The van der Waals surface area contributed by atoms with Crippen LogP contribution in [-0.2, 0) is 4.79 Å². The number of hydrogen-bond donors (Lipinski definition) is 2. The molecular weight excluding hydrogens is 192 g/mol. The number of hydrogen-bond acceptors (Lipinski definition) is 3. The molecule has 3 N–H and O–H groups in total. The molecule has 1 amide bonds. The third-order valence-electron chi connectivity index (χ3n) is 3.77. The maximum absolute atomic E-state index is 12.2. The molecule has 1 heterocycles. The van der Waals surface area contributed by atoms with E-state index >= 15 is 0 Å². The van der Waals surface area contributed by atoms with Crippen LogP contribution < -0.4 is 5.73 Å². The molecular formula is C11H20N2O2. The van der Waals surface area contributed by atoms with Gasteiger partial charge in [0.1, 0.15) is 0 Å². The number of aliphatic hydroxyl groups excluding tert-OH is 1. The summed E-state index contributed by atoms with van der Waals surface area (Å²) in [6, 6.07) is 0.0125. The van der Waals surface area contributed by atoms with Crippen LogP contribution >= 0.6 is 0 Å². The van der Waals surface area contributed by atoms with Crippen molar-refractivity contribution in [3.8, 4) is 0 Å². The van der Waals surface area contributed by atoms with Crippen molar-refractivity contribution in [1.29, 1.82) is 0 Å². The zero-order chi connectivity index (χ0) is 10.9. The van der Waals surface area contributed by atoms with E-state index < -0.39 is 5.54 Å². The Morgan fingerprint density at radius 1 is 1.40 bits per heavy atom. The Kier molecular flexibility index (Phi) is 2.98. The minimum atomic E-state index is -0.627. The fourth-order valence-electron chi connectivity index (χ4n) is 2.80. The summed E-state index contributed by atoms with van der Waals surface area (Å²) >= 11 is 0. The molecule has 0 aromatic carbocycles. The highest BCUT2D eigenvalue weighted by Gasteiger charge is 2.42. The summed E-state index contributed by atoms with van der Waals surface area (Å²) in [4.78, 5) is 14.0. The Morgan fingerprint density at radius 3 is 2.67 bits per heavy atom. The van der Waals surface area contributed by atoms with E-state index in [9.17, 15) is 9.90 Å². The molecule has 0 aromatic rings. The second-order valence-electron chi connectivity index (χ2n) is 4.84. The molecule has 0 radical (unpaired) electrons. The van der Waals surface area contributed by atoms with Gasteiger partial charge in [-0.25, -0.2) is 0 Å². The lowest BCUT2D eigenvalue weighted by Gasteiger charge is -2.32. The highest BCUT2D eigenvalue weighted by molar-refractivity contribution is 5.87. The Morgan fingerprint density at radius 2 is 2.07 bits per heavy atom. The standard InChI is InChI=1S/C11H20N2O2/c12-11(5-1-2-6-11)10(15)13-7-3-4-9(13)8-14/h9,14H,1-8,12H2/t9-/m1/s1. The molecule has 2 rings (SSSR count). The molecule has 0 spiro atoms. The molecule has 0 bridgehead atoms.